The number of nitrogens with one attached hydrogen (secondary N) is 1. The molecule has 0 fully saturated rings. The smallest absolute Gasteiger partial charge is 0.225 e. The normalized spacial score (nSPS) is 10.7. The van der Waals surface area contributed by atoms with E-state index >= 15 is 0 Å². The van der Waals surface area contributed by atoms with Gasteiger partial charge in [0, 0.05) is 31.0 Å². The summed E-state index contributed by atoms with van der Waals surface area (Å²) in [7, 11) is 1.96. The van der Waals surface area contributed by atoms with E-state index in [0.717, 1.165) is 30.1 Å². The second-order valence-electron chi connectivity index (χ2n) is 4.50. The van der Waals surface area contributed by atoms with Crippen LogP contribution >= 0.6 is 0 Å². The minimum Gasteiger partial charge on any atom is -0.467 e. The highest BCUT2D eigenvalue weighted by molar-refractivity contribution is 5.32. The van der Waals surface area contributed by atoms with Crippen LogP contribution in [0.3, 0.4) is 0 Å². The molecule has 0 spiro atoms. The van der Waals surface area contributed by atoms with Crippen molar-refractivity contribution in [3.63, 3.8) is 0 Å². The summed E-state index contributed by atoms with van der Waals surface area (Å²) in [5.41, 5.74) is 2.15. The molecule has 1 N–H and O–H groups in total. The summed E-state index contributed by atoms with van der Waals surface area (Å²) in [4.78, 5) is 10.9. The molecule has 5 nitrogen and oxygen atoms in total. The Balaban J connectivity index is 2.06. The second kappa shape index (κ2) is 6.33. The quantitative estimate of drug-likeness (QED) is 0.862. The maximum atomic E-state index is 5.33. The highest BCUT2D eigenvalue weighted by atomic mass is 16.3. The minimum atomic E-state index is 0.666. The molecule has 0 aliphatic heterocycles. The summed E-state index contributed by atoms with van der Waals surface area (Å²) in [6.45, 7) is 6.52. The van der Waals surface area contributed by atoms with E-state index in [2.05, 4.69) is 22.2 Å². The monoisotopic (exact) mass is 260 g/mol. The molecule has 0 amide bonds. The van der Waals surface area contributed by atoms with Crippen LogP contribution in [0.5, 0.6) is 0 Å². The first-order valence-electron chi connectivity index (χ1n) is 6.47. The Kier molecular flexibility index (Phi) is 4.52. The fourth-order valence-electron chi connectivity index (χ4n) is 1.80. The number of hydrogen-bond donors (Lipinski definition) is 1. The van der Waals surface area contributed by atoms with Crippen molar-refractivity contribution in [2.24, 2.45) is 0 Å². The first kappa shape index (κ1) is 13.5. The molecule has 0 aromatic carbocycles. The van der Waals surface area contributed by atoms with Gasteiger partial charge in [-0.2, -0.15) is 0 Å². The number of hydrogen-bond acceptors (Lipinski definition) is 5. The first-order chi connectivity index (χ1) is 9.20. The predicted molar refractivity (Wildman–Crippen MR) is 75.0 cm³/mol. The second-order valence-corrected chi connectivity index (χ2v) is 4.50. The molecule has 0 radical (unpaired) electrons. The summed E-state index contributed by atoms with van der Waals surface area (Å²) in [6.07, 6.45) is 3.56. The third-order valence-corrected chi connectivity index (χ3v) is 2.95. The van der Waals surface area contributed by atoms with Gasteiger partial charge in [-0.1, -0.05) is 6.92 Å². The lowest BCUT2D eigenvalue weighted by atomic mass is 10.2. The summed E-state index contributed by atoms with van der Waals surface area (Å²) in [6, 6.07) is 3.83. The van der Waals surface area contributed by atoms with E-state index in [0.29, 0.717) is 12.5 Å². The SMILES string of the molecule is CCNCc1cnc(N(C)Cc2ccco2)nc1C. The van der Waals surface area contributed by atoms with Crippen LogP contribution in [0.2, 0.25) is 0 Å². The standard InChI is InChI=1S/C14H20N4O/c1-4-15-8-12-9-16-14(17-11(12)2)18(3)10-13-6-5-7-19-13/h5-7,9,15H,4,8,10H2,1-3H3. The Bertz CT molecular complexity index is 510. The van der Waals surface area contributed by atoms with Gasteiger partial charge < -0.3 is 14.6 Å². The summed E-state index contributed by atoms with van der Waals surface area (Å²) in [5.74, 6) is 1.62. The van der Waals surface area contributed by atoms with Gasteiger partial charge in [-0.05, 0) is 25.6 Å². The molecule has 2 aromatic heterocycles. The van der Waals surface area contributed by atoms with Crippen LogP contribution in [0.4, 0.5) is 5.95 Å². The van der Waals surface area contributed by atoms with E-state index in [1.165, 1.54) is 0 Å². The molecule has 0 bridgehead atoms. The summed E-state index contributed by atoms with van der Waals surface area (Å²) >= 11 is 0. The van der Waals surface area contributed by atoms with Gasteiger partial charge in [0.2, 0.25) is 5.95 Å². The van der Waals surface area contributed by atoms with Gasteiger partial charge in [-0.3, -0.25) is 0 Å². The van der Waals surface area contributed by atoms with Gasteiger partial charge in [-0.15, -0.1) is 0 Å². The van der Waals surface area contributed by atoms with E-state index in [-0.39, 0.29) is 0 Å². The molecular formula is C14H20N4O. The molecule has 2 aromatic rings. The number of anilines is 1. The topological polar surface area (TPSA) is 54.2 Å². The average Bonchev–Trinajstić information content (AvgIpc) is 2.90. The largest absolute Gasteiger partial charge is 0.467 e. The Morgan fingerprint density at radius 3 is 2.89 bits per heavy atom. The van der Waals surface area contributed by atoms with Crippen LogP contribution in [-0.4, -0.2) is 23.6 Å². The van der Waals surface area contributed by atoms with Crippen molar-refractivity contribution in [3.8, 4) is 0 Å². The number of nitrogens with zero attached hydrogens (tertiary/aromatic N) is 3. The fourth-order valence-corrected chi connectivity index (χ4v) is 1.80. The predicted octanol–water partition coefficient (Wildman–Crippen LogP) is 2.12. The van der Waals surface area contributed by atoms with Crippen molar-refractivity contribution >= 4 is 5.95 Å². The number of aromatic nitrogens is 2. The van der Waals surface area contributed by atoms with Crippen molar-refractivity contribution in [2.75, 3.05) is 18.5 Å². The molecule has 5 heteroatoms. The van der Waals surface area contributed by atoms with Crippen molar-refractivity contribution in [2.45, 2.75) is 26.9 Å². The van der Waals surface area contributed by atoms with Crippen LogP contribution in [0.25, 0.3) is 0 Å². The lowest BCUT2D eigenvalue weighted by Crippen LogP contribution is -2.20. The van der Waals surface area contributed by atoms with Crippen LogP contribution in [0.1, 0.15) is 23.9 Å². The van der Waals surface area contributed by atoms with Gasteiger partial charge in [-0.25, -0.2) is 9.97 Å². The maximum absolute atomic E-state index is 5.33. The van der Waals surface area contributed by atoms with E-state index < -0.39 is 0 Å². The molecule has 2 rings (SSSR count). The Labute approximate surface area is 113 Å². The molecule has 0 unspecified atom stereocenters. The molecule has 0 aliphatic carbocycles. The van der Waals surface area contributed by atoms with Crippen molar-refractivity contribution in [3.05, 3.63) is 41.6 Å². The Morgan fingerprint density at radius 2 is 2.26 bits per heavy atom. The molecule has 19 heavy (non-hydrogen) atoms. The fraction of sp³-hybridized carbons (Fsp3) is 0.429. The molecule has 0 saturated heterocycles. The van der Waals surface area contributed by atoms with Crippen LogP contribution in [-0.2, 0) is 13.1 Å². The van der Waals surface area contributed by atoms with E-state index in [4.69, 9.17) is 4.42 Å². The first-order valence-corrected chi connectivity index (χ1v) is 6.47. The molecule has 2 heterocycles. The van der Waals surface area contributed by atoms with Crippen molar-refractivity contribution in [1.82, 2.24) is 15.3 Å². The van der Waals surface area contributed by atoms with E-state index in [9.17, 15) is 0 Å². The van der Waals surface area contributed by atoms with E-state index in [1.807, 2.05) is 37.2 Å². The zero-order valence-corrected chi connectivity index (χ0v) is 11.7. The molecule has 0 atom stereocenters. The van der Waals surface area contributed by atoms with Gasteiger partial charge in [0.15, 0.2) is 0 Å². The summed E-state index contributed by atoms with van der Waals surface area (Å²) < 4.78 is 5.33. The lowest BCUT2D eigenvalue weighted by molar-refractivity contribution is 0.506. The Hall–Kier alpha value is -1.88. The zero-order chi connectivity index (χ0) is 13.7. The van der Waals surface area contributed by atoms with Crippen LogP contribution in [0, 0.1) is 6.92 Å². The number of aryl methyl sites for hydroxylation is 1. The summed E-state index contributed by atoms with van der Waals surface area (Å²) in [5, 5.41) is 3.28. The molecule has 0 aliphatic rings. The van der Waals surface area contributed by atoms with Crippen molar-refractivity contribution in [1.29, 1.82) is 0 Å². The molecule has 0 saturated carbocycles. The van der Waals surface area contributed by atoms with E-state index in [1.54, 1.807) is 6.26 Å². The molecule has 102 valence electrons. The van der Waals surface area contributed by atoms with Gasteiger partial charge in [0.1, 0.15) is 5.76 Å². The van der Waals surface area contributed by atoms with Gasteiger partial charge in [0.25, 0.3) is 0 Å². The molecular weight excluding hydrogens is 240 g/mol. The zero-order valence-electron chi connectivity index (χ0n) is 11.7. The van der Waals surface area contributed by atoms with Crippen molar-refractivity contribution < 1.29 is 4.42 Å². The minimum absolute atomic E-state index is 0.666. The van der Waals surface area contributed by atoms with Crippen LogP contribution in [0.15, 0.2) is 29.0 Å². The number of rotatable bonds is 6. The third kappa shape index (κ3) is 3.54. The number of furan rings is 1. The average molecular weight is 260 g/mol. The lowest BCUT2D eigenvalue weighted by Gasteiger charge is -2.16. The maximum Gasteiger partial charge on any atom is 0.225 e. The van der Waals surface area contributed by atoms with Gasteiger partial charge in [0.05, 0.1) is 12.8 Å². The highest BCUT2D eigenvalue weighted by Crippen LogP contribution is 2.13. The highest BCUT2D eigenvalue weighted by Gasteiger charge is 2.09. The van der Waals surface area contributed by atoms with Crippen LogP contribution < -0.4 is 10.2 Å². The Morgan fingerprint density at radius 1 is 1.42 bits per heavy atom. The van der Waals surface area contributed by atoms with Gasteiger partial charge >= 0.3 is 0 Å². The third-order valence-electron chi connectivity index (χ3n) is 2.95.